The van der Waals surface area contributed by atoms with Gasteiger partial charge in [-0.15, -0.1) is 0 Å². The second kappa shape index (κ2) is 7.03. The van der Waals surface area contributed by atoms with E-state index < -0.39 is 0 Å². The molecule has 2 aliphatic heterocycles. The molecule has 0 spiro atoms. The average Bonchev–Trinajstić information content (AvgIpc) is 3.41. The molecule has 7 heteroatoms. The van der Waals surface area contributed by atoms with Crippen molar-refractivity contribution in [3.8, 4) is 0 Å². The molecule has 0 saturated carbocycles. The number of H-pyrrole nitrogens is 2. The van der Waals surface area contributed by atoms with Crippen molar-refractivity contribution in [3.63, 3.8) is 0 Å². The summed E-state index contributed by atoms with van der Waals surface area (Å²) in [6, 6.07) is 16.4. The summed E-state index contributed by atoms with van der Waals surface area (Å²) in [5, 5.41) is 0. The van der Waals surface area contributed by atoms with Crippen LogP contribution in [0, 0.1) is 11.1 Å². The highest BCUT2D eigenvalue weighted by Gasteiger charge is 2.02. The smallest absolute Gasteiger partial charge is 0.211 e. The van der Waals surface area contributed by atoms with Crippen LogP contribution in [0.3, 0.4) is 0 Å². The normalized spacial score (nSPS) is 11.6. The van der Waals surface area contributed by atoms with Crippen LogP contribution in [0.1, 0.15) is 22.8 Å². The van der Waals surface area contributed by atoms with Gasteiger partial charge in [0.25, 0.3) is 0 Å². The number of aromatic amines is 2. The van der Waals surface area contributed by atoms with Crippen LogP contribution in [0.25, 0.3) is 46.4 Å². The van der Waals surface area contributed by atoms with Gasteiger partial charge in [0.05, 0.1) is 22.8 Å². The van der Waals surface area contributed by atoms with Crippen LogP contribution in [-0.2, 0) is 0 Å². The van der Waals surface area contributed by atoms with E-state index >= 15 is 0 Å². The van der Waals surface area contributed by atoms with Crippen molar-refractivity contribution < 1.29 is 0 Å². The van der Waals surface area contributed by atoms with Gasteiger partial charge in [0.2, 0.25) is 4.91 Å². The quantitative estimate of drug-likeness (QED) is 0.237. The predicted octanol–water partition coefficient (Wildman–Crippen LogP) is 4.77. The number of hydrogen-bond acceptors (Lipinski definition) is 4. The van der Waals surface area contributed by atoms with Gasteiger partial charge in [-0.05, 0) is 72.8 Å². The van der Waals surface area contributed by atoms with E-state index in [9.17, 15) is 0 Å². The molecule has 0 fully saturated rings. The highest BCUT2D eigenvalue weighted by Crippen LogP contribution is 2.17. The van der Waals surface area contributed by atoms with Gasteiger partial charge in [0, 0.05) is 22.1 Å². The van der Waals surface area contributed by atoms with Gasteiger partial charge in [0.15, 0.2) is 0 Å². The first-order valence-corrected chi connectivity index (χ1v) is 8.29. The van der Waals surface area contributed by atoms with Crippen molar-refractivity contribution >= 4 is 46.4 Å². The van der Waals surface area contributed by atoms with Crippen LogP contribution in [0.5, 0.6) is 0 Å². The lowest BCUT2D eigenvalue weighted by molar-refractivity contribution is 0.928. The number of nitrogens with one attached hydrogen (secondary N) is 4. The first-order valence-electron chi connectivity index (χ1n) is 8.29. The summed E-state index contributed by atoms with van der Waals surface area (Å²) in [5.41, 5.74) is 18.9. The highest BCUT2D eigenvalue weighted by atomic mass is 15.0. The van der Waals surface area contributed by atoms with Gasteiger partial charge in [0.1, 0.15) is 11.1 Å². The first kappa shape index (κ1) is 16.4. The van der Waals surface area contributed by atoms with Gasteiger partial charge in [-0.2, -0.15) is 0 Å². The molecule has 0 unspecified atom stereocenters. The fourth-order valence-electron chi connectivity index (χ4n) is 2.94. The second-order valence-electron chi connectivity index (χ2n) is 6.02. The van der Waals surface area contributed by atoms with Gasteiger partial charge in [-0.1, -0.05) is 0 Å². The topological polar surface area (TPSA) is 119 Å². The zero-order valence-electron chi connectivity index (χ0n) is 14.3. The Bertz CT molecular complexity index is 1160. The summed E-state index contributed by atoms with van der Waals surface area (Å²) < 4.78 is 0. The van der Waals surface area contributed by atoms with E-state index in [-0.39, 0.29) is 0 Å². The van der Waals surface area contributed by atoms with Crippen molar-refractivity contribution in [2.75, 3.05) is 0 Å². The molecule has 130 valence electrons. The number of nitrogens with zero attached hydrogens (tertiary/aromatic N) is 3. The van der Waals surface area contributed by atoms with Crippen LogP contribution >= 0.6 is 0 Å². The van der Waals surface area contributed by atoms with Crippen molar-refractivity contribution in [2.24, 2.45) is 0 Å². The molecule has 0 radical (unpaired) electrons. The molecular weight excluding hydrogens is 338 g/mol. The van der Waals surface area contributed by atoms with Gasteiger partial charge < -0.3 is 9.97 Å². The van der Waals surface area contributed by atoms with Crippen molar-refractivity contribution in [1.29, 1.82) is 11.1 Å². The Morgan fingerprint density at radius 2 is 0.889 bits per heavy atom. The standard InChI is InChI=1S/C20H14N4.H2N3/c1-2-14-10-16-5-6-18(23-16)12-20-8-7-19(24-20)11-17-4-3-15(22-17)9-13(1)21-14;1-3-2/h1-12,21-22H;1-2H/q;+1. The van der Waals surface area contributed by atoms with Crippen molar-refractivity contribution in [2.45, 2.75) is 0 Å². The maximum atomic E-state index is 5.50. The van der Waals surface area contributed by atoms with E-state index in [1.54, 1.807) is 0 Å². The van der Waals surface area contributed by atoms with E-state index in [0.29, 0.717) is 0 Å². The Kier molecular flexibility index (Phi) is 4.27. The van der Waals surface area contributed by atoms with Gasteiger partial charge in [-0.3, -0.25) is 0 Å². The summed E-state index contributed by atoms with van der Waals surface area (Å²) in [5.74, 6) is 0. The molecule has 0 atom stereocenters. The fourth-order valence-corrected chi connectivity index (χ4v) is 2.94. The molecule has 5 rings (SSSR count). The van der Waals surface area contributed by atoms with Gasteiger partial charge >= 0.3 is 0 Å². The monoisotopic (exact) mass is 354 g/mol. The number of fused-ring (bicyclic) bond motifs is 8. The Hall–Kier alpha value is -4.09. The zero-order valence-corrected chi connectivity index (χ0v) is 14.3. The minimum absolute atomic E-state index is 0.915. The summed E-state index contributed by atoms with van der Waals surface area (Å²) in [7, 11) is 0. The summed E-state index contributed by atoms with van der Waals surface area (Å²) in [6.07, 6.45) is 8.05. The Morgan fingerprint density at radius 1 is 0.556 bits per heavy atom. The number of hydrogen-bond donors (Lipinski definition) is 4. The van der Waals surface area contributed by atoms with E-state index in [1.165, 1.54) is 0 Å². The summed E-state index contributed by atoms with van der Waals surface area (Å²) in [4.78, 5) is 18.0. The van der Waals surface area contributed by atoms with Crippen LogP contribution < -0.4 is 4.91 Å². The van der Waals surface area contributed by atoms with E-state index in [0.717, 1.165) is 44.8 Å². The van der Waals surface area contributed by atoms with Crippen LogP contribution in [0.15, 0.2) is 48.5 Å². The lowest BCUT2D eigenvalue weighted by atomic mass is 10.3. The lowest BCUT2D eigenvalue weighted by Crippen LogP contribution is -1.77. The third-order valence-electron chi connectivity index (χ3n) is 4.04. The van der Waals surface area contributed by atoms with Crippen LogP contribution in [0.4, 0.5) is 0 Å². The van der Waals surface area contributed by atoms with E-state index in [1.807, 2.05) is 47.4 Å². The fraction of sp³-hybridized carbons (Fsp3) is 0. The molecule has 3 aromatic rings. The molecule has 4 N–H and O–H groups in total. The maximum Gasteiger partial charge on any atom is 0.211 e. The SMILES string of the molecule is C1=Cc2cc3ccc(cc4ccc(cc5nc(cc1n2)C=C5)[nH]4)[nH]3.N=[N+]=N. The highest BCUT2D eigenvalue weighted by molar-refractivity contribution is 5.77. The Morgan fingerprint density at radius 3 is 1.30 bits per heavy atom. The zero-order chi connectivity index (χ0) is 18.6. The number of aromatic nitrogens is 4. The molecular formula is C20H16N7+. The molecule has 0 aromatic carbocycles. The van der Waals surface area contributed by atoms with Crippen molar-refractivity contribution in [1.82, 2.24) is 24.8 Å². The minimum Gasteiger partial charge on any atom is -0.355 e. The molecule has 3 aromatic heterocycles. The first-order chi connectivity index (χ1) is 13.2. The molecule has 0 saturated heterocycles. The third-order valence-corrected chi connectivity index (χ3v) is 4.04. The largest absolute Gasteiger partial charge is 0.355 e. The average molecular weight is 354 g/mol. The summed E-state index contributed by atoms with van der Waals surface area (Å²) in [6.45, 7) is 0. The molecule has 8 bridgehead atoms. The molecule has 0 amide bonds. The molecule has 27 heavy (non-hydrogen) atoms. The molecule has 7 nitrogen and oxygen atoms in total. The van der Waals surface area contributed by atoms with Crippen LogP contribution in [-0.4, -0.2) is 19.9 Å². The lowest BCUT2D eigenvalue weighted by Gasteiger charge is -1.86. The minimum atomic E-state index is 0.915. The number of rotatable bonds is 0. The molecule has 0 aliphatic carbocycles. The Labute approximate surface area is 154 Å². The molecule has 2 aliphatic rings. The van der Waals surface area contributed by atoms with E-state index in [2.05, 4.69) is 50.3 Å². The van der Waals surface area contributed by atoms with Gasteiger partial charge in [-0.25, -0.2) is 9.97 Å². The summed E-state index contributed by atoms with van der Waals surface area (Å²) >= 11 is 0. The third kappa shape index (κ3) is 3.78. The predicted molar refractivity (Wildman–Crippen MR) is 106 cm³/mol. The van der Waals surface area contributed by atoms with Crippen molar-refractivity contribution in [3.05, 3.63) is 71.3 Å². The van der Waals surface area contributed by atoms with E-state index in [4.69, 9.17) is 11.1 Å². The second-order valence-corrected chi connectivity index (χ2v) is 6.02. The van der Waals surface area contributed by atoms with Crippen LogP contribution in [0.2, 0.25) is 0 Å². The molecule has 5 heterocycles. The Balaban J connectivity index is 0.000000565. The maximum absolute atomic E-state index is 5.50.